The maximum atomic E-state index is 13.2. The maximum Gasteiger partial charge on any atom is 0.412 e. The SMILES string of the molecule is CC1(C)C2CCC1(C)C(O)C2OC(=O)C(F)(F)SO[O-]. The molecule has 5 nitrogen and oxygen atoms in total. The third-order valence-electron chi connectivity index (χ3n) is 5.35. The molecule has 2 saturated carbocycles. The van der Waals surface area contributed by atoms with Crippen molar-refractivity contribution >= 4 is 18.0 Å². The maximum absolute atomic E-state index is 13.2. The lowest BCUT2D eigenvalue weighted by atomic mass is 9.70. The normalized spacial score (nSPS) is 39.0. The smallest absolute Gasteiger partial charge is 0.412 e. The largest absolute Gasteiger partial charge is 0.710 e. The first-order valence-electron chi connectivity index (χ1n) is 6.32. The van der Waals surface area contributed by atoms with Gasteiger partial charge < -0.3 is 19.4 Å². The first kappa shape index (κ1) is 15.9. The van der Waals surface area contributed by atoms with Gasteiger partial charge >= 0.3 is 11.2 Å². The quantitative estimate of drug-likeness (QED) is 0.364. The zero-order chi connectivity index (χ0) is 15.3. The van der Waals surface area contributed by atoms with Gasteiger partial charge in [0.25, 0.3) is 0 Å². The predicted molar refractivity (Wildman–Crippen MR) is 64.1 cm³/mol. The molecule has 2 fully saturated rings. The summed E-state index contributed by atoms with van der Waals surface area (Å²) in [5.41, 5.74) is -0.783. The van der Waals surface area contributed by atoms with E-state index in [4.69, 9.17) is 4.74 Å². The predicted octanol–water partition coefficient (Wildman–Crippen LogP) is 1.25. The number of halogens is 2. The molecule has 0 aromatic carbocycles. The Kier molecular flexibility index (Phi) is 3.82. The molecule has 2 bridgehead atoms. The van der Waals surface area contributed by atoms with Gasteiger partial charge in [0.15, 0.2) is 0 Å². The van der Waals surface area contributed by atoms with Crippen molar-refractivity contribution in [3.05, 3.63) is 0 Å². The van der Waals surface area contributed by atoms with Gasteiger partial charge in [0.05, 0.1) is 18.1 Å². The molecule has 4 unspecified atom stereocenters. The number of aliphatic hydroxyl groups excluding tert-OH is 1. The van der Waals surface area contributed by atoms with Gasteiger partial charge in [-0.1, -0.05) is 20.8 Å². The third kappa shape index (κ3) is 2.04. The number of hydrogen-bond acceptors (Lipinski definition) is 6. The first-order chi connectivity index (χ1) is 9.08. The van der Waals surface area contributed by atoms with Gasteiger partial charge in [-0.2, -0.15) is 8.78 Å². The molecular formula is C12H17F2O5S-. The van der Waals surface area contributed by atoms with Crippen LogP contribution >= 0.6 is 12.0 Å². The van der Waals surface area contributed by atoms with E-state index in [2.05, 4.69) is 4.33 Å². The van der Waals surface area contributed by atoms with Crippen LogP contribution in [0.4, 0.5) is 8.78 Å². The molecule has 0 aromatic heterocycles. The molecular weight excluding hydrogens is 294 g/mol. The number of esters is 1. The summed E-state index contributed by atoms with van der Waals surface area (Å²) >= 11 is -0.800. The lowest BCUT2D eigenvalue weighted by Crippen LogP contribution is -2.43. The van der Waals surface area contributed by atoms with Crippen LogP contribution in [0.3, 0.4) is 0 Å². The molecule has 2 rings (SSSR count). The van der Waals surface area contributed by atoms with Crippen molar-refractivity contribution in [2.24, 2.45) is 16.7 Å². The highest BCUT2D eigenvalue weighted by molar-refractivity contribution is 7.96. The Balaban J connectivity index is 2.15. The summed E-state index contributed by atoms with van der Waals surface area (Å²) < 4.78 is 34.2. The fourth-order valence-corrected chi connectivity index (χ4v) is 3.87. The van der Waals surface area contributed by atoms with Gasteiger partial charge in [-0.05, 0) is 18.3 Å². The number of ether oxygens (including phenoxy) is 1. The molecule has 0 amide bonds. The summed E-state index contributed by atoms with van der Waals surface area (Å²) in [6.45, 7) is 5.75. The minimum atomic E-state index is -4.08. The summed E-state index contributed by atoms with van der Waals surface area (Å²) in [7, 11) is 0. The number of alkyl halides is 2. The van der Waals surface area contributed by atoms with Gasteiger partial charge in [0.2, 0.25) is 0 Å². The summed E-state index contributed by atoms with van der Waals surface area (Å²) in [5, 5.41) is 16.0. The minimum Gasteiger partial charge on any atom is -0.710 e. The van der Waals surface area contributed by atoms with Crippen molar-refractivity contribution in [2.45, 2.75) is 51.1 Å². The summed E-state index contributed by atoms with van der Waals surface area (Å²) in [6.07, 6.45) is -0.507. The van der Waals surface area contributed by atoms with Crippen LogP contribution in [0.1, 0.15) is 33.6 Å². The first-order valence-corrected chi connectivity index (χ1v) is 7.06. The van der Waals surface area contributed by atoms with Crippen LogP contribution in [0.5, 0.6) is 0 Å². The zero-order valence-corrected chi connectivity index (χ0v) is 12.2. The lowest BCUT2D eigenvalue weighted by molar-refractivity contribution is -0.630. The molecule has 1 N–H and O–H groups in total. The zero-order valence-electron chi connectivity index (χ0n) is 11.4. The van der Waals surface area contributed by atoms with Crippen molar-refractivity contribution in [1.29, 1.82) is 0 Å². The molecule has 4 atom stereocenters. The molecule has 0 aliphatic heterocycles. The van der Waals surface area contributed by atoms with Gasteiger partial charge in [-0.25, -0.2) is 4.79 Å². The monoisotopic (exact) mass is 311 g/mol. The molecule has 0 heterocycles. The number of carbonyl (C=O) groups excluding carboxylic acids is 1. The van der Waals surface area contributed by atoms with E-state index < -0.39 is 40.9 Å². The van der Waals surface area contributed by atoms with Crippen LogP contribution in [-0.2, 0) is 13.9 Å². The van der Waals surface area contributed by atoms with Crippen molar-refractivity contribution in [2.75, 3.05) is 0 Å². The highest BCUT2D eigenvalue weighted by Crippen LogP contribution is 2.66. The molecule has 2 aliphatic carbocycles. The van der Waals surface area contributed by atoms with Crippen LogP contribution in [0.25, 0.3) is 0 Å². The second kappa shape index (κ2) is 4.79. The number of rotatable bonds is 4. The van der Waals surface area contributed by atoms with Crippen molar-refractivity contribution in [3.63, 3.8) is 0 Å². The van der Waals surface area contributed by atoms with Crippen LogP contribution in [0.15, 0.2) is 0 Å². The molecule has 2 aliphatic rings. The van der Waals surface area contributed by atoms with E-state index in [-0.39, 0.29) is 11.3 Å². The van der Waals surface area contributed by atoms with Crippen LogP contribution in [-0.4, -0.2) is 28.5 Å². The molecule has 116 valence electrons. The molecule has 0 radical (unpaired) electrons. The van der Waals surface area contributed by atoms with Crippen molar-refractivity contribution in [3.8, 4) is 0 Å². The van der Waals surface area contributed by atoms with E-state index in [1.54, 1.807) is 0 Å². The average Bonchev–Trinajstić information content (AvgIpc) is 2.63. The molecule has 0 spiro atoms. The Morgan fingerprint density at radius 1 is 1.45 bits per heavy atom. The van der Waals surface area contributed by atoms with Gasteiger partial charge in [0.1, 0.15) is 6.10 Å². The third-order valence-corrected chi connectivity index (χ3v) is 5.80. The fraction of sp³-hybridized carbons (Fsp3) is 0.917. The Morgan fingerprint density at radius 2 is 2.05 bits per heavy atom. The van der Waals surface area contributed by atoms with Crippen molar-refractivity contribution < 1.29 is 33.0 Å². The van der Waals surface area contributed by atoms with E-state index in [0.29, 0.717) is 6.42 Å². The second-order valence-electron chi connectivity index (χ2n) is 6.27. The molecule has 8 heteroatoms. The van der Waals surface area contributed by atoms with Gasteiger partial charge in [-0.15, -0.1) is 0 Å². The minimum absolute atomic E-state index is 0.180. The highest BCUT2D eigenvalue weighted by Gasteiger charge is 2.68. The van der Waals surface area contributed by atoms with E-state index in [0.717, 1.165) is 6.42 Å². The van der Waals surface area contributed by atoms with Crippen LogP contribution in [0, 0.1) is 16.7 Å². The Labute approximate surface area is 119 Å². The Bertz CT molecular complexity index is 417. The van der Waals surface area contributed by atoms with E-state index >= 15 is 0 Å². The van der Waals surface area contributed by atoms with Crippen LogP contribution < -0.4 is 5.26 Å². The standard InChI is InChI=1S/C12H18F2O5S/c1-10(2)6-4-5-11(10,3)8(15)7(6)18-9(16)12(13,14)20-19-17/h6-8,15,17H,4-5H2,1-3H3/p-1. The van der Waals surface area contributed by atoms with Crippen molar-refractivity contribution in [1.82, 2.24) is 0 Å². The van der Waals surface area contributed by atoms with Gasteiger partial charge in [-0.3, -0.25) is 0 Å². The Morgan fingerprint density at radius 3 is 2.50 bits per heavy atom. The van der Waals surface area contributed by atoms with E-state index in [1.165, 1.54) is 0 Å². The number of fused-ring (bicyclic) bond motifs is 2. The number of hydrogen-bond donors (Lipinski definition) is 1. The van der Waals surface area contributed by atoms with Crippen LogP contribution in [0.2, 0.25) is 0 Å². The molecule has 0 aromatic rings. The second-order valence-corrected chi connectivity index (χ2v) is 7.08. The fourth-order valence-electron chi connectivity index (χ4n) is 3.66. The Hall–Kier alpha value is -0.440. The van der Waals surface area contributed by atoms with E-state index in [1.807, 2.05) is 20.8 Å². The number of aliphatic hydroxyl groups is 1. The lowest BCUT2D eigenvalue weighted by Gasteiger charge is -2.36. The van der Waals surface area contributed by atoms with Gasteiger partial charge in [0, 0.05) is 11.3 Å². The highest BCUT2D eigenvalue weighted by atomic mass is 32.2. The number of carbonyl (C=O) groups is 1. The summed E-state index contributed by atoms with van der Waals surface area (Å²) in [5.74, 6) is -2.03. The topological polar surface area (TPSA) is 78.8 Å². The van der Waals surface area contributed by atoms with E-state index in [9.17, 15) is 23.9 Å². The molecule has 0 saturated heterocycles. The summed E-state index contributed by atoms with van der Waals surface area (Å²) in [6, 6.07) is 0. The summed E-state index contributed by atoms with van der Waals surface area (Å²) in [4.78, 5) is 11.4. The molecule has 20 heavy (non-hydrogen) atoms. The average molecular weight is 311 g/mol.